The zero-order chi connectivity index (χ0) is 17.0. The minimum Gasteiger partial charge on any atom is -0.339 e. The number of nitrogens with zero attached hydrogens (tertiary/aromatic N) is 2. The molecule has 1 aromatic carbocycles. The number of rotatable bonds is 4. The van der Waals surface area contributed by atoms with E-state index in [1.54, 1.807) is 6.08 Å². The van der Waals surface area contributed by atoms with Crippen LogP contribution in [0.2, 0.25) is 5.02 Å². The molecule has 0 aliphatic carbocycles. The summed E-state index contributed by atoms with van der Waals surface area (Å²) in [6, 6.07) is 6.76. The summed E-state index contributed by atoms with van der Waals surface area (Å²) in [7, 11) is 1.91. The summed E-state index contributed by atoms with van der Waals surface area (Å²) in [6.45, 7) is 8.56. The van der Waals surface area contributed by atoms with Gasteiger partial charge in [0.05, 0.1) is 0 Å². The number of likely N-dealkylation sites (N-methyl/N-ethyl adjacent to an activating group) is 1. The highest BCUT2D eigenvalue weighted by Crippen LogP contribution is 2.19. The van der Waals surface area contributed by atoms with E-state index in [1.807, 2.05) is 43.1 Å². The van der Waals surface area contributed by atoms with Gasteiger partial charge in [0.2, 0.25) is 5.91 Å². The highest BCUT2D eigenvalue weighted by molar-refractivity contribution is 6.31. The van der Waals surface area contributed by atoms with Crippen LogP contribution in [0.15, 0.2) is 24.3 Å². The molecule has 1 amide bonds. The third-order valence-corrected chi connectivity index (χ3v) is 5.15. The fourth-order valence-corrected chi connectivity index (χ4v) is 3.16. The Morgan fingerprint density at radius 3 is 2.57 bits per heavy atom. The molecule has 3 nitrogen and oxygen atoms in total. The molecule has 1 saturated heterocycles. The molecule has 4 heteroatoms. The van der Waals surface area contributed by atoms with E-state index in [0.717, 1.165) is 42.1 Å². The van der Waals surface area contributed by atoms with Crippen molar-refractivity contribution in [3.8, 4) is 0 Å². The summed E-state index contributed by atoms with van der Waals surface area (Å²) < 4.78 is 0. The Morgan fingerprint density at radius 2 is 2.00 bits per heavy atom. The van der Waals surface area contributed by atoms with Crippen LogP contribution in [0.1, 0.15) is 37.8 Å². The quantitative estimate of drug-likeness (QED) is 0.777. The van der Waals surface area contributed by atoms with Gasteiger partial charge in [0.1, 0.15) is 0 Å². The van der Waals surface area contributed by atoms with Crippen LogP contribution in [-0.2, 0) is 4.79 Å². The molecule has 126 valence electrons. The summed E-state index contributed by atoms with van der Waals surface area (Å²) in [5.74, 6) is 0.0599. The fourth-order valence-electron chi connectivity index (χ4n) is 2.97. The molecule has 0 spiro atoms. The van der Waals surface area contributed by atoms with E-state index < -0.39 is 0 Å². The molecule has 1 aliphatic heterocycles. The highest BCUT2D eigenvalue weighted by atomic mass is 35.5. The third kappa shape index (κ3) is 4.82. The van der Waals surface area contributed by atoms with E-state index in [9.17, 15) is 4.79 Å². The second-order valence-electron chi connectivity index (χ2n) is 6.65. The smallest absolute Gasteiger partial charge is 0.246 e. The number of aryl methyl sites for hydroxylation is 1. The first-order valence-electron chi connectivity index (χ1n) is 8.33. The normalized spacial score (nSPS) is 17.1. The summed E-state index contributed by atoms with van der Waals surface area (Å²) in [5.41, 5.74) is 2.00. The van der Waals surface area contributed by atoms with Crippen molar-refractivity contribution in [1.29, 1.82) is 0 Å². The molecule has 1 heterocycles. The van der Waals surface area contributed by atoms with E-state index in [-0.39, 0.29) is 5.91 Å². The zero-order valence-corrected chi connectivity index (χ0v) is 15.3. The largest absolute Gasteiger partial charge is 0.339 e. The maximum atomic E-state index is 12.4. The lowest BCUT2D eigenvalue weighted by atomic mass is 10.0. The van der Waals surface area contributed by atoms with Crippen molar-refractivity contribution in [3.63, 3.8) is 0 Å². The number of carbonyl (C=O) groups excluding carboxylic acids is 1. The molecule has 1 fully saturated rings. The van der Waals surface area contributed by atoms with Crippen LogP contribution in [0.4, 0.5) is 0 Å². The molecule has 0 radical (unpaired) electrons. The second kappa shape index (κ2) is 7.98. The number of hydrogen-bond donors (Lipinski definition) is 0. The van der Waals surface area contributed by atoms with E-state index >= 15 is 0 Å². The van der Waals surface area contributed by atoms with Crippen LogP contribution in [-0.4, -0.2) is 47.9 Å². The fraction of sp³-hybridized carbons (Fsp3) is 0.526. The van der Waals surface area contributed by atoms with Gasteiger partial charge in [-0.3, -0.25) is 4.79 Å². The van der Waals surface area contributed by atoms with Crippen LogP contribution in [0.25, 0.3) is 6.08 Å². The lowest BCUT2D eigenvalue weighted by molar-refractivity contribution is -0.127. The minimum atomic E-state index is 0.0599. The Labute approximate surface area is 144 Å². The van der Waals surface area contributed by atoms with E-state index in [0.29, 0.717) is 12.1 Å². The van der Waals surface area contributed by atoms with Gasteiger partial charge in [0.15, 0.2) is 0 Å². The summed E-state index contributed by atoms with van der Waals surface area (Å²) in [5, 5.41) is 0.731. The van der Waals surface area contributed by atoms with Gasteiger partial charge in [-0.25, -0.2) is 0 Å². The number of benzene rings is 1. The van der Waals surface area contributed by atoms with Crippen molar-refractivity contribution in [2.24, 2.45) is 0 Å². The van der Waals surface area contributed by atoms with Gasteiger partial charge >= 0.3 is 0 Å². The maximum absolute atomic E-state index is 12.4. The molecule has 0 saturated carbocycles. The highest BCUT2D eigenvalue weighted by Gasteiger charge is 2.25. The maximum Gasteiger partial charge on any atom is 0.246 e. The summed E-state index contributed by atoms with van der Waals surface area (Å²) in [6.07, 6.45) is 5.58. The molecular formula is C19H27ClN2O. The van der Waals surface area contributed by atoms with Gasteiger partial charge in [-0.2, -0.15) is 0 Å². The van der Waals surface area contributed by atoms with Crippen molar-refractivity contribution in [3.05, 3.63) is 40.4 Å². The van der Waals surface area contributed by atoms with Gasteiger partial charge in [-0.05, 0) is 56.9 Å². The predicted molar refractivity (Wildman–Crippen MR) is 97.7 cm³/mol. The monoisotopic (exact) mass is 334 g/mol. The molecule has 1 aromatic rings. The van der Waals surface area contributed by atoms with Crippen molar-refractivity contribution < 1.29 is 4.79 Å². The van der Waals surface area contributed by atoms with Crippen LogP contribution in [0, 0.1) is 6.92 Å². The number of likely N-dealkylation sites (tertiary alicyclic amines) is 1. The number of halogens is 1. The number of carbonyl (C=O) groups is 1. The van der Waals surface area contributed by atoms with E-state index in [1.165, 1.54) is 0 Å². The van der Waals surface area contributed by atoms with Gasteiger partial charge in [0.25, 0.3) is 0 Å². The van der Waals surface area contributed by atoms with Crippen LogP contribution < -0.4 is 0 Å². The Hall–Kier alpha value is -1.32. The number of hydrogen-bond acceptors (Lipinski definition) is 2. The number of piperidine rings is 1. The van der Waals surface area contributed by atoms with Gasteiger partial charge in [-0.1, -0.05) is 23.7 Å². The molecule has 0 aromatic heterocycles. The standard InChI is InChI=1S/C19H27ClN2O/c1-14(2)22-11-9-17(10-12-22)21(4)19(23)8-7-16-6-5-15(3)18(20)13-16/h5-8,13-14,17H,9-12H2,1-4H3/b8-7+. The first kappa shape index (κ1) is 18.0. The molecular weight excluding hydrogens is 308 g/mol. The molecule has 1 aliphatic rings. The minimum absolute atomic E-state index is 0.0599. The molecule has 0 unspecified atom stereocenters. The molecule has 2 rings (SSSR count). The second-order valence-corrected chi connectivity index (χ2v) is 7.06. The average molecular weight is 335 g/mol. The lowest BCUT2D eigenvalue weighted by Crippen LogP contribution is -2.47. The van der Waals surface area contributed by atoms with Crippen molar-refractivity contribution in [2.75, 3.05) is 20.1 Å². The Bertz CT molecular complexity index is 575. The van der Waals surface area contributed by atoms with Crippen LogP contribution >= 0.6 is 11.6 Å². The summed E-state index contributed by atoms with van der Waals surface area (Å²) >= 11 is 6.12. The summed E-state index contributed by atoms with van der Waals surface area (Å²) in [4.78, 5) is 16.7. The lowest BCUT2D eigenvalue weighted by Gasteiger charge is -2.38. The van der Waals surface area contributed by atoms with Crippen LogP contribution in [0.5, 0.6) is 0 Å². The molecule has 0 bridgehead atoms. The Kier molecular flexibility index (Phi) is 6.25. The van der Waals surface area contributed by atoms with Gasteiger partial charge < -0.3 is 9.80 Å². The van der Waals surface area contributed by atoms with Gasteiger partial charge in [0, 0.05) is 43.3 Å². The average Bonchev–Trinajstić information content (AvgIpc) is 2.55. The topological polar surface area (TPSA) is 23.6 Å². The van der Waals surface area contributed by atoms with E-state index in [4.69, 9.17) is 11.6 Å². The SMILES string of the molecule is Cc1ccc(/C=C/C(=O)N(C)C2CCN(C(C)C)CC2)cc1Cl. The molecule has 0 N–H and O–H groups in total. The van der Waals surface area contributed by atoms with E-state index in [2.05, 4.69) is 18.7 Å². The predicted octanol–water partition coefficient (Wildman–Crippen LogP) is 3.99. The Balaban J connectivity index is 1.92. The van der Waals surface area contributed by atoms with Crippen molar-refractivity contribution >= 4 is 23.6 Å². The van der Waals surface area contributed by atoms with Crippen LogP contribution in [0.3, 0.4) is 0 Å². The first-order chi connectivity index (χ1) is 10.9. The van der Waals surface area contributed by atoms with Crippen molar-refractivity contribution in [1.82, 2.24) is 9.80 Å². The molecule has 23 heavy (non-hydrogen) atoms. The molecule has 0 atom stereocenters. The third-order valence-electron chi connectivity index (χ3n) is 4.74. The first-order valence-corrected chi connectivity index (χ1v) is 8.71. The zero-order valence-electron chi connectivity index (χ0n) is 14.6. The van der Waals surface area contributed by atoms with Gasteiger partial charge in [-0.15, -0.1) is 0 Å². The van der Waals surface area contributed by atoms with Crippen molar-refractivity contribution in [2.45, 2.75) is 45.7 Å². The number of amides is 1. The Morgan fingerprint density at radius 1 is 1.35 bits per heavy atom.